The summed E-state index contributed by atoms with van der Waals surface area (Å²) in [5.41, 5.74) is 0.386. The van der Waals surface area contributed by atoms with E-state index in [1.54, 1.807) is 6.08 Å². The van der Waals surface area contributed by atoms with Crippen LogP contribution in [0.2, 0.25) is 0 Å². The first-order chi connectivity index (χ1) is 10.5. The van der Waals surface area contributed by atoms with Crippen LogP contribution in [-0.4, -0.2) is 20.4 Å². The molecule has 0 unspecified atom stereocenters. The van der Waals surface area contributed by atoms with Gasteiger partial charge in [-0.1, -0.05) is 0 Å². The van der Waals surface area contributed by atoms with Crippen LogP contribution in [0.25, 0.3) is 18.1 Å². The third kappa shape index (κ3) is 1.67. The second-order valence-corrected chi connectivity index (χ2v) is 4.98. The average Bonchev–Trinajstić information content (AvgIpc) is 2.47. The van der Waals surface area contributed by atoms with E-state index in [1.807, 2.05) is 0 Å². The first-order valence-corrected chi connectivity index (χ1v) is 6.42. The van der Waals surface area contributed by atoms with Crippen molar-refractivity contribution in [1.29, 1.82) is 0 Å². The number of hydrogen-bond donors (Lipinski definition) is 4. The van der Waals surface area contributed by atoms with Crippen molar-refractivity contribution in [2.45, 2.75) is 0 Å². The number of rotatable bonds is 0. The maximum absolute atomic E-state index is 9.87. The van der Waals surface area contributed by atoms with Gasteiger partial charge >= 0.3 is 0 Å². The lowest BCUT2D eigenvalue weighted by Gasteiger charge is -2.22. The molecule has 0 spiro atoms. The Morgan fingerprint density at radius 3 is 2.41 bits per heavy atom. The predicted octanol–water partition coefficient (Wildman–Crippen LogP) is 0.819. The number of benzene rings is 2. The first-order valence-electron chi connectivity index (χ1n) is 6.42. The first kappa shape index (κ1) is 12.5. The van der Waals surface area contributed by atoms with Crippen LogP contribution in [0.1, 0.15) is 5.56 Å². The van der Waals surface area contributed by atoms with Crippen LogP contribution in [0.3, 0.4) is 0 Å². The molecule has 0 bridgehead atoms. The van der Waals surface area contributed by atoms with E-state index in [-0.39, 0.29) is 28.7 Å². The van der Waals surface area contributed by atoms with Crippen molar-refractivity contribution in [3.8, 4) is 28.7 Å². The number of phenols is 4. The molecule has 110 valence electrons. The largest absolute Gasteiger partial charge is 0.508 e. The molecule has 0 fully saturated rings. The number of fused-ring (bicyclic) bond motifs is 3. The molecule has 4 N–H and O–H groups in total. The smallest absolute Gasteiger partial charge is 0.178 e. The molecule has 0 radical (unpaired) electrons. The molecule has 2 heterocycles. The second-order valence-electron chi connectivity index (χ2n) is 4.98. The van der Waals surface area contributed by atoms with Gasteiger partial charge in [-0.25, -0.2) is 0 Å². The molecular weight excluding hydrogens is 288 g/mol. The van der Waals surface area contributed by atoms with E-state index in [0.29, 0.717) is 27.5 Å². The van der Waals surface area contributed by atoms with Crippen LogP contribution >= 0.6 is 0 Å². The van der Waals surface area contributed by atoms with Crippen molar-refractivity contribution < 1.29 is 29.9 Å². The topological polar surface area (TPSA) is 99.4 Å². The fourth-order valence-corrected chi connectivity index (χ4v) is 2.47. The molecule has 0 aromatic heterocycles. The summed E-state index contributed by atoms with van der Waals surface area (Å²) in [6.45, 7) is 0. The lowest BCUT2D eigenvalue weighted by molar-refractivity contribution is 0.366. The summed E-state index contributed by atoms with van der Waals surface area (Å²) < 4.78 is 11.2. The van der Waals surface area contributed by atoms with Crippen LogP contribution in [0.5, 0.6) is 28.7 Å². The summed E-state index contributed by atoms with van der Waals surface area (Å²) in [6, 6.07) is 5.29. The van der Waals surface area contributed by atoms with Gasteiger partial charge in [-0.15, -0.1) is 0 Å². The third-order valence-corrected chi connectivity index (χ3v) is 3.52. The lowest BCUT2D eigenvalue weighted by atomic mass is 10.1. The molecule has 0 atom stereocenters. The summed E-state index contributed by atoms with van der Waals surface area (Å²) in [5.74, 6) is 0.124. The number of phenolic OH excluding ortho intramolecular Hbond substituents is 4. The molecule has 2 aliphatic rings. The van der Waals surface area contributed by atoms with Gasteiger partial charge in [0.05, 0.1) is 11.8 Å². The Morgan fingerprint density at radius 1 is 0.818 bits per heavy atom. The van der Waals surface area contributed by atoms with Gasteiger partial charge in [0.2, 0.25) is 0 Å². The van der Waals surface area contributed by atoms with Gasteiger partial charge in [0, 0.05) is 22.6 Å². The molecular formula is C16H10O6. The number of ether oxygens (including phenoxy) is 2. The number of aromatic hydroxyl groups is 4. The number of hydrogen-bond acceptors (Lipinski definition) is 6. The predicted molar refractivity (Wildman–Crippen MR) is 76.4 cm³/mol. The van der Waals surface area contributed by atoms with Crippen molar-refractivity contribution >= 4 is 18.1 Å². The van der Waals surface area contributed by atoms with Crippen LogP contribution in [-0.2, 0) is 4.74 Å². The Bertz CT molecular complexity index is 971. The van der Waals surface area contributed by atoms with Gasteiger partial charge in [0.1, 0.15) is 17.2 Å². The highest BCUT2D eigenvalue weighted by Crippen LogP contribution is 2.40. The summed E-state index contributed by atoms with van der Waals surface area (Å²) in [4.78, 5) is 0. The zero-order valence-corrected chi connectivity index (χ0v) is 11.1. The molecule has 6 nitrogen and oxygen atoms in total. The zero-order chi connectivity index (χ0) is 15.4. The summed E-state index contributed by atoms with van der Waals surface area (Å²) in [7, 11) is 0. The molecule has 2 aliphatic heterocycles. The van der Waals surface area contributed by atoms with Crippen molar-refractivity contribution in [2.75, 3.05) is 0 Å². The quantitative estimate of drug-likeness (QED) is 0.537. The van der Waals surface area contributed by atoms with E-state index >= 15 is 0 Å². The molecule has 2 aromatic rings. The summed E-state index contributed by atoms with van der Waals surface area (Å²) >= 11 is 0. The SMILES string of the molecule is Oc1cc(O)c2c(c1)OC1=c3cc(O)c(O)cc3=COC1=C2. The fraction of sp³-hybridized carbons (Fsp3) is 0. The van der Waals surface area contributed by atoms with Crippen molar-refractivity contribution in [2.24, 2.45) is 0 Å². The highest BCUT2D eigenvalue weighted by atomic mass is 16.5. The minimum atomic E-state index is -0.283. The van der Waals surface area contributed by atoms with E-state index in [4.69, 9.17) is 9.47 Å². The van der Waals surface area contributed by atoms with E-state index in [9.17, 15) is 20.4 Å². The van der Waals surface area contributed by atoms with E-state index < -0.39 is 0 Å². The van der Waals surface area contributed by atoms with E-state index in [1.165, 1.54) is 30.5 Å². The minimum absolute atomic E-state index is 0.134. The molecule has 6 heteroatoms. The zero-order valence-electron chi connectivity index (χ0n) is 11.1. The van der Waals surface area contributed by atoms with Crippen LogP contribution in [0, 0.1) is 0 Å². The van der Waals surface area contributed by atoms with Crippen LogP contribution < -0.4 is 15.2 Å². The Morgan fingerprint density at radius 2 is 1.59 bits per heavy atom. The molecule has 2 aromatic carbocycles. The molecule has 22 heavy (non-hydrogen) atoms. The van der Waals surface area contributed by atoms with E-state index in [2.05, 4.69) is 0 Å². The van der Waals surface area contributed by atoms with Gasteiger partial charge in [-0.2, -0.15) is 0 Å². The highest BCUT2D eigenvalue weighted by Gasteiger charge is 2.24. The van der Waals surface area contributed by atoms with Crippen LogP contribution in [0.15, 0.2) is 30.0 Å². The molecule has 0 saturated heterocycles. The Kier molecular flexibility index (Phi) is 2.33. The molecule has 0 aliphatic carbocycles. The fourth-order valence-electron chi connectivity index (χ4n) is 2.47. The van der Waals surface area contributed by atoms with Gasteiger partial charge in [0.15, 0.2) is 23.0 Å². The molecule has 0 amide bonds. The monoisotopic (exact) mass is 298 g/mol. The second kappa shape index (κ2) is 4.11. The van der Waals surface area contributed by atoms with Crippen molar-refractivity contribution in [3.63, 3.8) is 0 Å². The van der Waals surface area contributed by atoms with Gasteiger partial charge in [-0.3, -0.25) is 0 Å². The summed E-state index contributed by atoms with van der Waals surface area (Å²) in [6.07, 6.45) is 2.99. The Hall–Kier alpha value is -3.28. The maximum atomic E-state index is 9.87. The Balaban J connectivity index is 2.03. The average molecular weight is 298 g/mol. The maximum Gasteiger partial charge on any atom is 0.178 e. The normalized spacial score (nSPS) is 14.5. The van der Waals surface area contributed by atoms with Gasteiger partial charge in [0.25, 0.3) is 0 Å². The summed E-state index contributed by atoms with van der Waals surface area (Å²) in [5, 5.41) is 39.7. The van der Waals surface area contributed by atoms with E-state index in [0.717, 1.165) is 0 Å². The molecule has 4 rings (SSSR count). The van der Waals surface area contributed by atoms with Crippen molar-refractivity contribution in [3.05, 3.63) is 46.0 Å². The Labute approximate surface area is 123 Å². The third-order valence-electron chi connectivity index (χ3n) is 3.52. The van der Waals surface area contributed by atoms with Crippen molar-refractivity contribution in [1.82, 2.24) is 0 Å². The minimum Gasteiger partial charge on any atom is -0.508 e. The highest BCUT2D eigenvalue weighted by molar-refractivity contribution is 5.80. The van der Waals surface area contributed by atoms with Crippen LogP contribution in [0.4, 0.5) is 0 Å². The van der Waals surface area contributed by atoms with Gasteiger partial charge < -0.3 is 29.9 Å². The lowest BCUT2D eigenvalue weighted by Crippen LogP contribution is -2.33. The molecule has 0 saturated carbocycles. The van der Waals surface area contributed by atoms with Gasteiger partial charge in [-0.05, 0) is 18.2 Å². The standard InChI is InChI=1S/C16H10O6/c17-8-2-11(18)10-5-15-16(22-14(10)3-8)9-4-13(20)12(19)1-7(9)6-21-15/h1-6,17-20H.